The second-order valence-electron chi connectivity index (χ2n) is 7.72. The van der Waals surface area contributed by atoms with Gasteiger partial charge in [-0.1, -0.05) is 67.6 Å². The van der Waals surface area contributed by atoms with E-state index in [1.807, 2.05) is 37.3 Å². The maximum absolute atomic E-state index is 13.2. The van der Waals surface area contributed by atoms with Gasteiger partial charge in [0.15, 0.2) is 5.16 Å². The summed E-state index contributed by atoms with van der Waals surface area (Å²) in [7, 11) is 1.68. The Bertz CT molecular complexity index is 1110. The molecule has 0 aliphatic rings. The zero-order valence-corrected chi connectivity index (χ0v) is 19.4. The highest BCUT2D eigenvalue weighted by Gasteiger charge is 2.22. The summed E-state index contributed by atoms with van der Waals surface area (Å²) in [4.78, 5) is 30.5. The van der Waals surface area contributed by atoms with Crippen LogP contribution in [0.4, 0.5) is 4.39 Å². The van der Waals surface area contributed by atoms with E-state index < -0.39 is 0 Å². The van der Waals surface area contributed by atoms with Gasteiger partial charge in [-0.05, 0) is 36.6 Å². The Kier molecular flexibility index (Phi) is 8.22. The number of aromatic nitrogens is 2. The van der Waals surface area contributed by atoms with E-state index in [0.717, 1.165) is 17.5 Å². The summed E-state index contributed by atoms with van der Waals surface area (Å²) in [6, 6.07) is 15.9. The van der Waals surface area contributed by atoms with Gasteiger partial charge < -0.3 is 5.32 Å². The van der Waals surface area contributed by atoms with Crippen molar-refractivity contribution in [1.82, 2.24) is 14.9 Å². The molecule has 1 heterocycles. The van der Waals surface area contributed by atoms with Crippen LogP contribution in [0.1, 0.15) is 42.1 Å². The molecule has 0 aliphatic heterocycles. The number of thioether (sulfide) groups is 1. The zero-order valence-electron chi connectivity index (χ0n) is 18.6. The topological polar surface area (TPSA) is 64.0 Å². The van der Waals surface area contributed by atoms with Crippen molar-refractivity contribution in [3.63, 3.8) is 0 Å². The molecule has 1 aromatic heterocycles. The molecule has 3 aromatic rings. The number of hydrogen-bond acceptors (Lipinski definition) is 4. The average Bonchev–Trinajstić information content (AvgIpc) is 2.80. The van der Waals surface area contributed by atoms with Crippen LogP contribution in [0.25, 0.3) is 0 Å². The van der Waals surface area contributed by atoms with Gasteiger partial charge in [-0.3, -0.25) is 14.2 Å². The van der Waals surface area contributed by atoms with Gasteiger partial charge >= 0.3 is 0 Å². The lowest BCUT2D eigenvalue weighted by Gasteiger charge is -2.18. The molecule has 168 valence electrons. The lowest BCUT2D eigenvalue weighted by Crippen LogP contribution is -2.33. The largest absolute Gasteiger partial charge is 0.351 e. The van der Waals surface area contributed by atoms with Crippen molar-refractivity contribution in [3.8, 4) is 0 Å². The molecule has 32 heavy (non-hydrogen) atoms. The summed E-state index contributed by atoms with van der Waals surface area (Å²) in [5, 5.41) is 3.17. The Labute approximate surface area is 192 Å². The average molecular weight is 454 g/mol. The first kappa shape index (κ1) is 23.7. The zero-order chi connectivity index (χ0) is 23.1. The predicted octanol–water partition coefficient (Wildman–Crippen LogP) is 4.40. The number of rotatable bonds is 9. The van der Waals surface area contributed by atoms with E-state index in [9.17, 15) is 14.0 Å². The first-order chi connectivity index (χ1) is 15.4. The minimum absolute atomic E-state index is 0.0667. The quantitative estimate of drug-likeness (QED) is 0.385. The Morgan fingerprint density at radius 2 is 1.81 bits per heavy atom. The van der Waals surface area contributed by atoms with Gasteiger partial charge in [0.1, 0.15) is 5.82 Å². The number of halogens is 1. The fraction of sp³-hybridized carbons (Fsp3) is 0.320. The number of nitrogens with zero attached hydrogens (tertiary/aromatic N) is 2. The molecule has 1 atom stereocenters. The second-order valence-corrected chi connectivity index (χ2v) is 8.89. The van der Waals surface area contributed by atoms with Crippen LogP contribution < -0.4 is 10.9 Å². The van der Waals surface area contributed by atoms with Crippen molar-refractivity contribution in [2.75, 3.05) is 0 Å². The lowest BCUT2D eigenvalue weighted by atomic mass is 10.1. The third kappa shape index (κ3) is 6.07. The number of carbonyl (C=O) groups is 1. The first-order valence-electron chi connectivity index (χ1n) is 10.7. The molecule has 0 spiro atoms. The molecule has 0 bridgehead atoms. The minimum Gasteiger partial charge on any atom is -0.351 e. The van der Waals surface area contributed by atoms with Crippen molar-refractivity contribution in [2.24, 2.45) is 7.05 Å². The summed E-state index contributed by atoms with van der Waals surface area (Å²) in [5.74, 6) is -0.376. The van der Waals surface area contributed by atoms with Crippen LogP contribution in [0.15, 0.2) is 64.5 Å². The van der Waals surface area contributed by atoms with Crippen LogP contribution in [-0.4, -0.2) is 20.7 Å². The number of amides is 1. The van der Waals surface area contributed by atoms with E-state index >= 15 is 0 Å². The molecule has 7 heteroatoms. The summed E-state index contributed by atoms with van der Waals surface area (Å²) >= 11 is 1.32. The van der Waals surface area contributed by atoms with E-state index in [1.54, 1.807) is 26.1 Å². The smallest absolute Gasteiger partial charge is 0.257 e. The SMILES string of the molecule is CCCC(Sc1nc(C)c(Cc2ccc(F)cc2)c(=O)n1C)C(=O)NCc1ccccc1. The van der Waals surface area contributed by atoms with Crippen LogP contribution in [0.5, 0.6) is 0 Å². The normalized spacial score (nSPS) is 11.9. The lowest BCUT2D eigenvalue weighted by molar-refractivity contribution is -0.120. The molecule has 5 nitrogen and oxygen atoms in total. The van der Waals surface area contributed by atoms with Gasteiger partial charge in [0.2, 0.25) is 5.91 Å². The van der Waals surface area contributed by atoms with Gasteiger partial charge in [0.25, 0.3) is 5.56 Å². The molecule has 3 rings (SSSR count). The number of benzene rings is 2. The molecule has 1 unspecified atom stereocenters. The Hall–Kier alpha value is -2.93. The molecule has 2 aromatic carbocycles. The Morgan fingerprint density at radius 3 is 2.47 bits per heavy atom. The fourth-order valence-corrected chi connectivity index (χ4v) is 4.61. The number of carbonyl (C=O) groups excluding carboxylic acids is 1. The van der Waals surface area contributed by atoms with Gasteiger partial charge in [-0.25, -0.2) is 9.37 Å². The van der Waals surface area contributed by atoms with E-state index in [2.05, 4.69) is 10.3 Å². The van der Waals surface area contributed by atoms with E-state index in [1.165, 1.54) is 28.5 Å². The summed E-state index contributed by atoms with van der Waals surface area (Å²) < 4.78 is 14.7. The van der Waals surface area contributed by atoms with Crippen LogP contribution in [0, 0.1) is 12.7 Å². The molecule has 0 radical (unpaired) electrons. The maximum Gasteiger partial charge on any atom is 0.257 e. The Morgan fingerprint density at radius 1 is 1.12 bits per heavy atom. The van der Waals surface area contributed by atoms with Crippen molar-refractivity contribution < 1.29 is 9.18 Å². The second kappa shape index (κ2) is 11.1. The van der Waals surface area contributed by atoms with E-state index in [0.29, 0.717) is 35.8 Å². The number of nitrogens with one attached hydrogen (secondary N) is 1. The van der Waals surface area contributed by atoms with E-state index in [-0.39, 0.29) is 22.5 Å². The van der Waals surface area contributed by atoms with Gasteiger partial charge in [-0.15, -0.1) is 0 Å². The highest BCUT2D eigenvalue weighted by molar-refractivity contribution is 8.00. The third-order valence-electron chi connectivity index (χ3n) is 5.24. The standard InChI is InChI=1S/C25H28FN3O2S/c1-4-8-22(23(30)27-16-19-9-6-5-7-10-19)32-25-28-17(2)21(24(31)29(25)3)15-18-11-13-20(26)14-12-18/h5-7,9-14,22H,4,8,15-16H2,1-3H3,(H,27,30). The summed E-state index contributed by atoms with van der Waals surface area (Å²) in [6.45, 7) is 4.29. The maximum atomic E-state index is 13.2. The molecular formula is C25H28FN3O2S. The fourth-order valence-electron chi connectivity index (χ4n) is 3.38. The summed E-state index contributed by atoms with van der Waals surface area (Å²) in [5.41, 5.74) is 2.93. The van der Waals surface area contributed by atoms with Crippen molar-refractivity contribution in [3.05, 3.63) is 93.2 Å². The van der Waals surface area contributed by atoms with Crippen molar-refractivity contribution in [2.45, 2.75) is 50.1 Å². The highest BCUT2D eigenvalue weighted by Crippen LogP contribution is 2.25. The molecule has 0 aliphatic carbocycles. The van der Waals surface area contributed by atoms with Crippen LogP contribution >= 0.6 is 11.8 Å². The first-order valence-corrected chi connectivity index (χ1v) is 11.6. The van der Waals surface area contributed by atoms with Crippen LogP contribution in [0.3, 0.4) is 0 Å². The van der Waals surface area contributed by atoms with E-state index in [4.69, 9.17) is 0 Å². The van der Waals surface area contributed by atoms with Crippen LogP contribution in [-0.2, 0) is 24.8 Å². The van der Waals surface area contributed by atoms with Crippen LogP contribution in [0.2, 0.25) is 0 Å². The molecular weight excluding hydrogens is 425 g/mol. The van der Waals surface area contributed by atoms with Gasteiger partial charge in [0.05, 0.1) is 5.25 Å². The monoisotopic (exact) mass is 453 g/mol. The van der Waals surface area contributed by atoms with Crippen molar-refractivity contribution in [1.29, 1.82) is 0 Å². The summed E-state index contributed by atoms with van der Waals surface area (Å²) in [6.07, 6.45) is 1.90. The predicted molar refractivity (Wildman–Crippen MR) is 126 cm³/mol. The molecule has 0 fully saturated rings. The molecule has 1 N–H and O–H groups in total. The highest BCUT2D eigenvalue weighted by atomic mass is 32.2. The van der Waals surface area contributed by atoms with Gasteiger partial charge in [0, 0.05) is 31.3 Å². The minimum atomic E-state index is -0.343. The third-order valence-corrected chi connectivity index (χ3v) is 6.55. The molecule has 0 saturated carbocycles. The molecule has 0 saturated heterocycles. The Balaban J connectivity index is 1.77. The molecule has 1 amide bonds. The number of hydrogen-bond donors (Lipinski definition) is 1. The van der Waals surface area contributed by atoms with Crippen molar-refractivity contribution >= 4 is 17.7 Å². The number of aryl methyl sites for hydroxylation is 1. The van der Waals surface area contributed by atoms with Gasteiger partial charge in [-0.2, -0.15) is 0 Å².